The SMILES string of the molecule is CC1(CO)CCN(c2cc(Nc3ccnc(-c4cnn(S(=O)(=O)C5CC5)c4)n3)ncc2C#CC2(O)CCCOC2)CC1. The average molecular weight is 594 g/mol. The summed E-state index contributed by atoms with van der Waals surface area (Å²) in [6.07, 6.45) is 10.4. The van der Waals surface area contributed by atoms with E-state index in [0.29, 0.717) is 54.5 Å². The number of piperidine rings is 1. The van der Waals surface area contributed by atoms with Crippen LogP contribution in [0.4, 0.5) is 17.3 Å². The van der Waals surface area contributed by atoms with E-state index in [1.165, 1.54) is 12.4 Å². The Balaban J connectivity index is 1.26. The minimum absolute atomic E-state index is 0.117. The topological polar surface area (TPSA) is 156 Å². The van der Waals surface area contributed by atoms with Gasteiger partial charge in [-0.1, -0.05) is 18.8 Å². The highest BCUT2D eigenvalue weighted by Crippen LogP contribution is 2.35. The number of anilines is 3. The van der Waals surface area contributed by atoms with Gasteiger partial charge in [-0.25, -0.2) is 23.4 Å². The minimum Gasteiger partial charge on any atom is -0.396 e. The highest BCUT2D eigenvalue weighted by Gasteiger charge is 2.38. The van der Waals surface area contributed by atoms with Gasteiger partial charge in [0.1, 0.15) is 17.2 Å². The second kappa shape index (κ2) is 11.3. The zero-order chi connectivity index (χ0) is 29.4. The van der Waals surface area contributed by atoms with Crippen molar-refractivity contribution >= 4 is 27.3 Å². The van der Waals surface area contributed by atoms with Crippen LogP contribution in [0.2, 0.25) is 0 Å². The maximum atomic E-state index is 12.5. The summed E-state index contributed by atoms with van der Waals surface area (Å²) >= 11 is 0. The van der Waals surface area contributed by atoms with Crippen molar-refractivity contribution in [3.63, 3.8) is 0 Å². The zero-order valence-corrected chi connectivity index (χ0v) is 24.3. The normalized spacial score (nSPS) is 22.3. The van der Waals surface area contributed by atoms with Crippen LogP contribution < -0.4 is 10.2 Å². The van der Waals surface area contributed by atoms with E-state index in [4.69, 9.17) is 4.74 Å². The molecule has 222 valence electrons. The highest BCUT2D eigenvalue weighted by atomic mass is 32.2. The Hall–Kier alpha value is -3.57. The number of aliphatic hydroxyl groups is 2. The number of aromatic nitrogens is 5. The third-order valence-electron chi connectivity index (χ3n) is 8.16. The summed E-state index contributed by atoms with van der Waals surface area (Å²) in [4.78, 5) is 15.7. The Bertz CT molecular complexity index is 1610. The Kier molecular flexibility index (Phi) is 7.65. The predicted molar refractivity (Wildman–Crippen MR) is 157 cm³/mol. The molecule has 1 saturated carbocycles. The summed E-state index contributed by atoms with van der Waals surface area (Å²) in [6.45, 7) is 4.54. The molecule has 3 N–H and O–H groups in total. The maximum Gasteiger partial charge on any atom is 0.256 e. The molecule has 12 nitrogen and oxygen atoms in total. The van der Waals surface area contributed by atoms with Gasteiger partial charge >= 0.3 is 0 Å². The van der Waals surface area contributed by atoms with Gasteiger partial charge in [-0.3, -0.25) is 0 Å². The zero-order valence-electron chi connectivity index (χ0n) is 23.5. The van der Waals surface area contributed by atoms with Crippen LogP contribution in [0.3, 0.4) is 0 Å². The molecule has 2 aliphatic heterocycles. The first kappa shape index (κ1) is 28.5. The number of aliphatic hydroxyl groups excluding tert-OH is 1. The van der Waals surface area contributed by atoms with Crippen molar-refractivity contribution in [3.05, 3.63) is 42.5 Å². The van der Waals surface area contributed by atoms with Crippen LogP contribution in [0, 0.1) is 17.3 Å². The molecule has 0 radical (unpaired) electrons. The lowest BCUT2D eigenvalue weighted by molar-refractivity contribution is -0.0480. The highest BCUT2D eigenvalue weighted by molar-refractivity contribution is 7.90. The van der Waals surface area contributed by atoms with Crippen molar-refractivity contribution in [2.45, 2.75) is 56.3 Å². The van der Waals surface area contributed by atoms with E-state index in [2.05, 4.69) is 49.0 Å². The van der Waals surface area contributed by atoms with Crippen molar-refractivity contribution in [3.8, 4) is 23.2 Å². The molecule has 0 aromatic carbocycles. The molecular weight excluding hydrogens is 558 g/mol. The smallest absolute Gasteiger partial charge is 0.256 e. The molecule has 6 rings (SSSR count). The van der Waals surface area contributed by atoms with Crippen LogP contribution in [0.5, 0.6) is 0 Å². The fourth-order valence-electron chi connectivity index (χ4n) is 5.16. The summed E-state index contributed by atoms with van der Waals surface area (Å²) in [5, 5.41) is 27.6. The molecule has 3 aliphatic rings. The quantitative estimate of drug-likeness (QED) is 0.346. The molecule has 3 aromatic heterocycles. The van der Waals surface area contributed by atoms with Crippen LogP contribution in [0.15, 0.2) is 36.9 Å². The number of pyridine rings is 1. The molecule has 0 amide bonds. The average Bonchev–Trinajstić information content (AvgIpc) is 3.74. The van der Waals surface area contributed by atoms with E-state index in [1.807, 2.05) is 6.07 Å². The Morgan fingerprint density at radius 2 is 1.98 bits per heavy atom. The van der Waals surface area contributed by atoms with Crippen molar-refractivity contribution in [1.29, 1.82) is 0 Å². The van der Waals surface area contributed by atoms with Crippen LogP contribution >= 0.6 is 0 Å². The number of hydrogen-bond acceptors (Lipinski definition) is 11. The molecule has 3 aromatic rings. The molecule has 1 atom stereocenters. The van der Waals surface area contributed by atoms with Gasteiger partial charge in [-0.15, -0.1) is 0 Å². The van der Waals surface area contributed by atoms with Gasteiger partial charge in [0.2, 0.25) is 0 Å². The summed E-state index contributed by atoms with van der Waals surface area (Å²) in [7, 11) is -3.48. The van der Waals surface area contributed by atoms with Crippen molar-refractivity contribution in [2.75, 3.05) is 43.1 Å². The fraction of sp³-hybridized carbons (Fsp3) is 0.517. The molecule has 0 bridgehead atoms. The Morgan fingerprint density at radius 3 is 2.69 bits per heavy atom. The lowest BCUT2D eigenvalue weighted by Gasteiger charge is -2.39. The second-order valence-electron chi connectivity index (χ2n) is 11.7. The molecule has 42 heavy (non-hydrogen) atoms. The summed E-state index contributed by atoms with van der Waals surface area (Å²) in [5.41, 5.74) is 0.759. The lowest BCUT2D eigenvalue weighted by Crippen LogP contribution is -2.40. The number of nitrogens with one attached hydrogen (secondary N) is 1. The molecular formula is C29H35N7O5S. The monoisotopic (exact) mass is 593 g/mol. The fourth-order valence-corrected chi connectivity index (χ4v) is 6.63. The largest absolute Gasteiger partial charge is 0.396 e. The number of ether oxygens (including phenoxy) is 1. The second-order valence-corrected chi connectivity index (χ2v) is 13.8. The van der Waals surface area contributed by atoms with Crippen LogP contribution in [0.1, 0.15) is 51.0 Å². The number of rotatable bonds is 7. The third kappa shape index (κ3) is 6.12. The van der Waals surface area contributed by atoms with Gasteiger partial charge < -0.3 is 25.2 Å². The first-order valence-corrected chi connectivity index (χ1v) is 15.8. The molecule has 0 spiro atoms. The molecule has 2 saturated heterocycles. The van der Waals surface area contributed by atoms with E-state index in [9.17, 15) is 18.6 Å². The van der Waals surface area contributed by atoms with E-state index in [-0.39, 0.29) is 23.9 Å². The van der Waals surface area contributed by atoms with E-state index >= 15 is 0 Å². The molecule has 3 fully saturated rings. The van der Waals surface area contributed by atoms with Crippen molar-refractivity contribution < 1.29 is 23.4 Å². The van der Waals surface area contributed by atoms with Gasteiger partial charge in [0.15, 0.2) is 5.82 Å². The van der Waals surface area contributed by atoms with Gasteiger partial charge in [0.05, 0.1) is 41.1 Å². The van der Waals surface area contributed by atoms with Crippen LogP contribution in [-0.2, 0) is 14.8 Å². The maximum absolute atomic E-state index is 12.5. The van der Waals surface area contributed by atoms with Gasteiger partial charge in [0, 0.05) is 44.8 Å². The number of nitrogens with zero attached hydrogens (tertiary/aromatic N) is 6. The molecule has 1 unspecified atom stereocenters. The molecule has 13 heteroatoms. The summed E-state index contributed by atoms with van der Waals surface area (Å²) in [5.74, 6) is 7.54. The van der Waals surface area contributed by atoms with Gasteiger partial charge in [0.25, 0.3) is 10.0 Å². The standard InChI is InChI=1S/C29H35N7O5S/c1-28(19-37)9-12-35(13-10-28)24-15-26(31-16-21(24)5-8-29(38)7-2-14-41-20-29)33-25-6-11-30-27(34-25)22-17-32-36(18-22)42(39,40)23-3-4-23/h6,11,15-18,23,37-38H,2-4,7,9-10,12-14,19-20H2,1H3,(H,30,31,33,34). The lowest BCUT2D eigenvalue weighted by atomic mass is 9.81. The minimum atomic E-state index is -3.48. The van der Waals surface area contributed by atoms with Crippen molar-refractivity contribution in [1.82, 2.24) is 24.1 Å². The van der Waals surface area contributed by atoms with Crippen LogP contribution in [0.25, 0.3) is 11.4 Å². The summed E-state index contributed by atoms with van der Waals surface area (Å²) in [6, 6.07) is 3.62. The number of hydrogen-bond donors (Lipinski definition) is 3. The van der Waals surface area contributed by atoms with Gasteiger partial charge in [-0.05, 0) is 50.0 Å². The third-order valence-corrected chi connectivity index (χ3v) is 10.2. The predicted octanol–water partition coefficient (Wildman–Crippen LogP) is 2.31. The van der Waals surface area contributed by atoms with Gasteiger partial charge in [-0.2, -0.15) is 9.19 Å². The van der Waals surface area contributed by atoms with Crippen molar-refractivity contribution in [2.24, 2.45) is 5.41 Å². The van der Waals surface area contributed by atoms with E-state index in [1.54, 1.807) is 18.5 Å². The Labute approximate surface area is 245 Å². The Morgan fingerprint density at radius 1 is 1.17 bits per heavy atom. The first-order valence-electron chi connectivity index (χ1n) is 14.3. The molecule has 5 heterocycles. The van der Waals surface area contributed by atoms with Crippen LogP contribution in [-0.4, -0.2) is 86.5 Å². The molecule has 1 aliphatic carbocycles. The van der Waals surface area contributed by atoms with E-state index < -0.39 is 15.6 Å². The first-order chi connectivity index (χ1) is 20.2. The summed E-state index contributed by atoms with van der Waals surface area (Å²) < 4.78 is 31.5. The van der Waals surface area contributed by atoms with E-state index in [0.717, 1.165) is 42.1 Å².